The van der Waals surface area contributed by atoms with Gasteiger partial charge in [0.05, 0.1) is 28.0 Å². The number of ketones is 1. The van der Waals surface area contributed by atoms with Gasteiger partial charge in [-0.25, -0.2) is 0 Å². The summed E-state index contributed by atoms with van der Waals surface area (Å²) < 4.78 is 6.48. The molecule has 2 heterocycles. The molecule has 1 saturated carbocycles. The van der Waals surface area contributed by atoms with Crippen LogP contribution in [-0.2, 0) is 4.74 Å². The number of carbonyl (C=O) groups excluding carboxylic acids is 1. The van der Waals surface area contributed by atoms with Crippen molar-refractivity contribution in [2.75, 3.05) is 13.2 Å². The van der Waals surface area contributed by atoms with Crippen LogP contribution in [0.2, 0.25) is 4.34 Å². The molecule has 0 aromatic carbocycles. The number of Topliss-reactive ketones (excluding diaryl/α,β-unsaturated/α-hetero) is 1. The first-order chi connectivity index (χ1) is 9.16. The highest BCUT2D eigenvalue weighted by Gasteiger charge is 2.39. The Morgan fingerprint density at radius 3 is 3.11 bits per heavy atom. The van der Waals surface area contributed by atoms with E-state index < -0.39 is 0 Å². The van der Waals surface area contributed by atoms with E-state index in [2.05, 4.69) is 4.90 Å². The number of ether oxygens (including phenoxy) is 1. The van der Waals surface area contributed by atoms with Crippen molar-refractivity contribution in [2.45, 2.75) is 44.4 Å². The predicted molar refractivity (Wildman–Crippen MR) is 77.2 cm³/mol. The normalized spacial score (nSPS) is 29.2. The Bertz CT molecular complexity index is 476. The van der Waals surface area contributed by atoms with E-state index in [-0.39, 0.29) is 11.8 Å². The molecule has 2 fully saturated rings. The zero-order valence-electron chi connectivity index (χ0n) is 11.0. The summed E-state index contributed by atoms with van der Waals surface area (Å²) >= 11 is 7.29. The summed E-state index contributed by atoms with van der Waals surface area (Å²) in [5, 5.41) is 0. The molecule has 3 nitrogen and oxygen atoms in total. The van der Waals surface area contributed by atoms with Crippen molar-refractivity contribution in [1.82, 2.24) is 4.90 Å². The minimum absolute atomic E-state index is 0.0794. The topological polar surface area (TPSA) is 29.5 Å². The third kappa shape index (κ3) is 2.59. The molecular weight excluding hydrogens is 282 g/mol. The monoisotopic (exact) mass is 299 g/mol. The standard InChI is InChI=1S/C14H18ClNO2S/c1-9(14(17)12-5-6-13(15)19-12)16-7-8-18-11-4-2-3-10(11)16/h5-6,9-11H,2-4,7-8H2,1H3. The molecular formula is C14H18ClNO2S. The molecule has 1 saturated heterocycles. The largest absolute Gasteiger partial charge is 0.375 e. The maximum Gasteiger partial charge on any atom is 0.189 e. The second kappa shape index (κ2) is 5.52. The maximum atomic E-state index is 12.5. The van der Waals surface area contributed by atoms with E-state index in [0.29, 0.717) is 16.5 Å². The number of fused-ring (bicyclic) bond motifs is 1. The third-order valence-corrected chi connectivity index (χ3v) is 5.46. The van der Waals surface area contributed by atoms with Crippen molar-refractivity contribution in [3.63, 3.8) is 0 Å². The molecule has 2 aliphatic rings. The van der Waals surface area contributed by atoms with Crippen LogP contribution >= 0.6 is 22.9 Å². The number of hydrogen-bond acceptors (Lipinski definition) is 4. The second-order valence-electron chi connectivity index (χ2n) is 5.29. The van der Waals surface area contributed by atoms with Gasteiger partial charge >= 0.3 is 0 Å². The van der Waals surface area contributed by atoms with Crippen molar-refractivity contribution in [3.8, 4) is 0 Å². The average Bonchev–Trinajstić information content (AvgIpc) is 3.04. The summed E-state index contributed by atoms with van der Waals surface area (Å²) in [6, 6.07) is 3.97. The van der Waals surface area contributed by atoms with E-state index in [1.54, 1.807) is 6.07 Å². The number of thiophene rings is 1. The highest BCUT2D eigenvalue weighted by molar-refractivity contribution is 7.18. The number of morpholine rings is 1. The van der Waals surface area contributed by atoms with Crippen LogP contribution in [-0.4, -0.2) is 42.0 Å². The zero-order chi connectivity index (χ0) is 13.4. The van der Waals surface area contributed by atoms with Gasteiger partial charge in [0.25, 0.3) is 0 Å². The number of rotatable bonds is 3. The highest BCUT2D eigenvalue weighted by Crippen LogP contribution is 2.32. The first-order valence-electron chi connectivity index (χ1n) is 6.83. The Labute approximate surface area is 122 Å². The molecule has 3 unspecified atom stereocenters. The Kier molecular flexibility index (Phi) is 3.94. The molecule has 1 aromatic rings. The first-order valence-corrected chi connectivity index (χ1v) is 8.03. The van der Waals surface area contributed by atoms with E-state index in [9.17, 15) is 4.79 Å². The maximum absolute atomic E-state index is 12.5. The predicted octanol–water partition coefficient (Wildman–Crippen LogP) is 3.23. The third-order valence-electron chi connectivity index (χ3n) is 4.22. The summed E-state index contributed by atoms with van der Waals surface area (Å²) in [6.45, 7) is 3.60. The molecule has 1 aromatic heterocycles. The van der Waals surface area contributed by atoms with Gasteiger partial charge in [0.1, 0.15) is 0 Å². The van der Waals surface area contributed by atoms with Crippen LogP contribution in [0.5, 0.6) is 0 Å². The average molecular weight is 300 g/mol. The smallest absolute Gasteiger partial charge is 0.189 e. The lowest BCUT2D eigenvalue weighted by Gasteiger charge is -2.40. The van der Waals surface area contributed by atoms with Gasteiger partial charge in [-0.05, 0) is 38.3 Å². The van der Waals surface area contributed by atoms with E-state index >= 15 is 0 Å². The lowest BCUT2D eigenvalue weighted by atomic mass is 10.0. The number of hydrogen-bond donors (Lipinski definition) is 0. The van der Waals surface area contributed by atoms with Gasteiger partial charge < -0.3 is 4.74 Å². The minimum atomic E-state index is -0.0794. The molecule has 3 rings (SSSR count). The van der Waals surface area contributed by atoms with Crippen LogP contribution in [0, 0.1) is 0 Å². The van der Waals surface area contributed by atoms with Crippen LogP contribution in [0.25, 0.3) is 0 Å². The van der Waals surface area contributed by atoms with E-state index in [4.69, 9.17) is 16.3 Å². The van der Waals surface area contributed by atoms with Gasteiger partial charge in [0.15, 0.2) is 5.78 Å². The van der Waals surface area contributed by atoms with Crippen molar-refractivity contribution in [2.24, 2.45) is 0 Å². The van der Waals surface area contributed by atoms with Crippen LogP contribution < -0.4 is 0 Å². The van der Waals surface area contributed by atoms with Crippen molar-refractivity contribution < 1.29 is 9.53 Å². The quantitative estimate of drug-likeness (QED) is 0.803. The van der Waals surface area contributed by atoms with Crippen molar-refractivity contribution in [3.05, 3.63) is 21.3 Å². The molecule has 1 aliphatic carbocycles. The first kappa shape index (κ1) is 13.6. The van der Waals surface area contributed by atoms with E-state index in [1.165, 1.54) is 17.8 Å². The van der Waals surface area contributed by atoms with Gasteiger partial charge in [0, 0.05) is 12.6 Å². The van der Waals surface area contributed by atoms with Crippen molar-refractivity contribution in [1.29, 1.82) is 0 Å². The molecule has 0 N–H and O–H groups in total. The highest BCUT2D eigenvalue weighted by atomic mass is 35.5. The zero-order valence-corrected chi connectivity index (χ0v) is 12.5. The molecule has 0 bridgehead atoms. The minimum Gasteiger partial charge on any atom is -0.375 e. The summed E-state index contributed by atoms with van der Waals surface area (Å²) in [5.41, 5.74) is 0. The Hall–Kier alpha value is -0.420. The Balaban J connectivity index is 1.75. The fourth-order valence-corrected chi connectivity index (χ4v) is 4.31. The van der Waals surface area contributed by atoms with Gasteiger partial charge in [-0.15, -0.1) is 11.3 Å². The lowest BCUT2D eigenvalue weighted by molar-refractivity contribution is -0.0642. The van der Waals surface area contributed by atoms with Gasteiger partial charge in [0.2, 0.25) is 0 Å². The Morgan fingerprint density at radius 2 is 2.37 bits per heavy atom. The van der Waals surface area contributed by atoms with Gasteiger partial charge in [-0.3, -0.25) is 9.69 Å². The lowest BCUT2D eigenvalue weighted by Crippen LogP contribution is -2.54. The summed E-state index contributed by atoms with van der Waals surface area (Å²) in [7, 11) is 0. The molecule has 19 heavy (non-hydrogen) atoms. The fraction of sp³-hybridized carbons (Fsp3) is 0.643. The van der Waals surface area contributed by atoms with E-state index in [0.717, 1.165) is 30.9 Å². The summed E-state index contributed by atoms with van der Waals surface area (Å²) in [5.74, 6) is 0.185. The molecule has 5 heteroatoms. The summed E-state index contributed by atoms with van der Waals surface area (Å²) in [4.78, 5) is 15.6. The van der Waals surface area contributed by atoms with Gasteiger partial charge in [-0.2, -0.15) is 0 Å². The summed E-state index contributed by atoms with van der Waals surface area (Å²) in [6.07, 6.45) is 3.81. The van der Waals surface area contributed by atoms with E-state index in [1.807, 2.05) is 13.0 Å². The molecule has 0 spiro atoms. The number of carbonyl (C=O) groups is 1. The van der Waals surface area contributed by atoms with Gasteiger partial charge in [-0.1, -0.05) is 11.6 Å². The van der Waals surface area contributed by atoms with Crippen LogP contribution in [0.4, 0.5) is 0 Å². The SMILES string of the molecule is CC(C(=O)c1ccc(Cl)s1)N1CCOC2CCCC21. The van der Waals surface area contributed by atoms with Crippen LogP contribution in [0.3, 0.4) is 0 Å². The fourth-order valence-electron chi connectivity index (χ4n) is 3.24. The molecule has 104 valence electrons. The van der Waals surface area contributed by atoms with Crippen molar-refractivity contribution >= 4 is 28.7 Å². The number of halogens is 1. The molecule has 1 aliphatic heterocycles. The Morgan fingerprint density at radius 1 is 1.53 bits per heavy atom. The number of nitrogens with zero attached hydrogens (tertiary/aromatic N) is 1. The molecule has 3 atom stereocenters. The molecule has 0 radical (unpaired) electrons. The van der Waals surface area contributed by atoms with Crippen LogP contribution in [0.15, 0.2) is 12.1 Å². The second-order valence-corrected chi connectivity index (χ2v) is 7.00. The molecule has 0 amide bonds. The van der Waals surface area contributed by atoms with Crippen LogP contribution in [0.1, 0.15) is 35.9 Å².